The first kappa shape index (κ1) is 7.23. The van der Waals surface area contributed by atoms with E-state index in [1.54, 1.807) is 0 Å². The van der Waals surface area contributed by atoms with Gasteiger partial charge < -0.3 is 5.09 Å². The molecular weight excluding hydrogens is 145 g/mol. The van der Waals surface area contributed by atoms with Crippen molar-refractivity contribution in [3.63, 3.8) is 0 Å². The Kier molecular flexibility index (Phi) is 2.41. The van der Waals surface area contributed by atoms with Gasteiger partial charge in [-0.25, -0.2) is 4.57 Å². The molecular formula is C7H8NOP. The lowest BCUT2D eigenvalue weighted by atomic mass is 10.2. The maximum atomic E-state index is 10.0. The Morgan fingerprint density at radius 3 is 2.40 bits per heavy atom. The van der Waals surface area contributed by atoms with Crippen LogP contribution in [0.25, 0.3) is 0 Å². The summed E-state index contributed by atoms with van der Waals surface area (Å²) in [6.07, 6.45) is 0. The van der Waals surface area contributed by atoms with Crippen molar-refractivity contribution >= 4 is 14.3 Å². The lowest BCUT2D eigenvalue weighted by Crippen LogP contribution is -1.78. The second-order valence-electron chi connectivity index (χ2n) is 2.07. The van der Waals surface area contributed by atoms with Crippen molar-refractivity contribution in [2.75, 3.05) is 5.09 Å². The van der Waals surface area contributed by atoms with Gasteiger partial charge in [0.05, 0.1) is 0 Å². The molecule has 1 aromatic rings. The molecule has 1 rings (SSSR count). The average Bonchev–Trinajstić information content (AvgIpc) is 1.95. The Labute approximate surface area is 61.5 Å². The summed E-state index contributed by atoms with van der Waals surface area (Å²) in [5, 5.41) is 2.65. The van der Waals surface area contributed by atoms with Crippen LogP contribution in [0, 0.1) is 6.92 Å². The summed E-state index contributed by atoms with van der Waals surface area (Å²) in [7, 11) is -0.0537. The number of hydrogen-bond donors (Lipinski definition) is 1. The zero-order chi connectivity index (χ0) is 7.40. The first-order valence-corrected chi connectivity index (χ1v) is 3.79. The SMILES string of the molecule is Cc1ccc(NP=O)cc1. The van der Waals surface area contributed by atoms with Gasteiger partial charge in [-0.05, 0) is 19.1 Å². The number of benzene rings is 1. The first-order chi connectivity index (χ1) is 4.83. The van der Waals surface area contributed by atoms with Crippen LogP contribution >= 0.6 is 8.61 Å². The van der Waals surface area contributed by atoms with Crippen LogP contribution in [0.4, 0.5) is 5.69 Å². The third kappa shape index (κ3) is 1.82. The van der Waals surface area contributed by atoms with Crippen molar-refractivity contribution in [3.8, 4) is 0 Å². The van der Waals surface area contributed by atoms with E-state index in [1.165, 1.54) is 5.56 Å². The fraction of sp³-hybridized carbons (Fsp3) is 0.143. The van der Waals surface area contributed by atoms with E-state index < -0.39 is 0 Å². The predicted octanol–water partition coefficient (Wildman–Crippen LogP) is 2.61. The lowest BCUT2D eigenvalue weighted by Gasteiger charge is -1.95. The molecule has 1 aromatic carbocycles. The Morgan fingerprint density at radius 1 is 1.30 bits per heavy atom. The number of nitrogens with one attached hydrogen (secondary N) is 1. The molecule has 3 heteroatoms. The first-order valence-electron chi connectivity index (χ1n) is 2.98. The maximum Gasteiger partial charge on any atom is 0.279 e. The van der Waals surface area contributed by atoms with Crippen molar-refractivity contribution in [2.24, 2.45) is 0 Å². The zero-order valence-electron chi connectivity index (χ0n) is 5.66. The molecule has 1 N–H and O–H groups in total. The van der Waals surface area contributed by atoms with Gasteiger partial charge in [0.2, 0.25) is 0 Å². The number of rotatable bonds is 2. The lowest BCUT2D eigenvalue weighted by molar-refractivity contribution is 0.601. The molecule has 0 bridgehead atoms. The monoisotopic (exact) mass is 153 g/mol. The van der Waals surface area contributed by atoms with E-state index in [9.17, 15) is 4.57 Å². The van der Waals surface area contributed by atoms with Crippen molar-refractivity contribution < 1.29 is 4.57 Å². The highest BCUT2D eigenvalue weighted by molar-refractivity contribution is 7.25. The van der Waals surface area contributed by atoms with Gasteiger partial charge in [-0.1, -0.05) is 17.7 Å². The van der Waals surface area contributed by atoms with E-state index in [-0.39, 0.29) is 8.61 Å². The van der Waals surface area contributed by atoms with E-state index in [2.05, 4.69) is 5.09 Å². The maximum absolute atomic E-state index is 10.0. The molecule has 0 atom stereocenters. The molecule has 0 aliphatic carbocycles. The van der Waals surface area contributed by atoms with Gasteiger partial charge in [-0.3, -0.25) is 0 Å². The third-order valence-corrected chi connectivity index (χ3v) is 1.58. The summed E-state index contributed by atoms with van der Waals surface area (Å²) in [5.74, 6) is 0. The van der Waals surface area contributed by atoms with Crippen LogP contribution in [0.5, 0.6) is 0 Å². The molecule has 0 heterocycles. The predicted molar refractivity (Wildman–Crippen MR) is 42.4 cm³/mol. The topological polar surface area (TPSA) is 29.1 Å². The van der Waals surface area contributed by atoms with Gasteiger partial charge in [0.1, 0.15) is 0 Å². The minimum atomic E-state index is -0.0537. The quantitative estimate of drug-likeness (QED) is 0.661. The van der Waals surface area contributed by atoms with Crippen molar-refractivity contribution in [1.82, 2.24) is 0 Å². The number of anilines is 1. The normalized spacial score (nSPS) is 9.70. The average molecular weight is 153 g/mol. The smallest absolute Gasteiger partial charge is 0.279 e. The Bertz CT molecular complexity index is 220. The molecule has 0 radical (unpaired) electrons. The molecule has 2 nitrogen and oxygen atoms in total. The van der Waals surface area contributed by atoms with Gasteiger partial charge in [0.15, 0.2) is 0 Å². The highest BCUT2D eigenvalue weighted by Gasteiger charge is 1.87. The van der Waals surface area contributed by atoms with Gasteiger partial charge in [0, 0.05) is 5.69 Å². The summed E-state index contributed by atoms with van der Waals surface area (Å²) in [6.45, 7) is 2.01. The fourth-order valence-electron chi connectivity index (χ4n) is 0.681. The molecule has 0 spiro atoms. The van der Waals surface area contributed by atoms with E-state index in [1.807, 2.05) is 31.2 Å². The van der Waals surface area contributed by atoms with Crippen LogP contribution in [0.1, 0.15) is 5.56 Å². The van der Waals surface area contributed by atoms with Crippen LogP contribution in [-0.2, 0) is 4.57 Å². The van der Waals surface area contributed by atoms with Crippen LogP contribution in [-0.4, -0.2) is 0 Å². The molecule has 0 saturated carbocycles. The highest BCUT2D eigenvalue weighted by atomic mass is 31.1. The highest BCUT2D eigenvalue weighted by Crippen LogP contribution is 2.11. The summed E-state index contributed by atoms with van der Waals surface area (Å²) < 4.78 is 10.0. The zero-order valence-corrected chi connectivity index (χ0v) is 6.56. The molecule has 0 aliphatic heterocycles. The second kappa shape index (κ2) is 3.33. The number of aryl methyl sites for hydroxylation is 1. The molecule has 52 valence electrons. The summed E-state index contributed by atoms with van der Waals surface area (Å²) in [5.41, 5.74) is 2.08. The third-order valence-electron chi connectivity index (χ3n) is 1.23. The summed E-state index contributed by atoms with van der Waals surface area (Å²) in [6, 6.07) is 7.71. The standard InChI is InChI=1S/C7H8NOP/c1-6-2-4-7(5-3-6)8-10-9/h2-5H,1H3,(H,8,9). The molecule has 0 unspecified atom stereocenters. The number of hydrogen-bond acceptors (Lipinski definition) is 1. The summed E-state index contributed by atoms with van der Waals surface area (Å²) in [4.78, 5) is 0. The molecule has 0 amide bonds. The largest absolute Gasteiger partial charge is 0.305 e. The van der Waals surface area contributed by atoms with Crippen LogP contribution in [0.2, 0.25) is 0 Å². The van der Waals surface area contributed by atoms with E-state index in [4.69, 9.17) is 0 Å². The van der Waals surface area contributed by atoms with Crippen LogP contribution in [0.3, 0.4) is 0 Å². The molecule has 0 aromatic heterocycles. The molecule has 0 aliphatic rings. The van der Waals surface area contributed by atoms with Gasteiger partial charge in [-0.2, -0.15) is 0 Å². The molecule has 0 saturated heterocycles. The van der Waals surface area contributed by atoms with Gasteiger partial charge >= 0.3 is 0 Å². The molecule has 10 heavy (non-hydrogen) atoms. The summed E-state index contributed by atoms with van der Waals surface area (Å²) >= 11 is 0. The van der Waals surface area contributed by atoms with E-state index >= 15 is 0 Å². The van der Waals surface area contributed by atoms with Gasteiger partial charge in [-0.15, -0.1) is 0 Å². The van der Waals surface area contributed by atoms with E-state index in [0.717, 1.165) is 5.69 Å². The second-order valence-corrected chi connectivity index (χ2v) is 2.48. The van der Waals surface area contributed by atoms with Crippen LogP contribution < -0.4 is 5.09 Å². The van der Waals surface area contributed by atoms with Gasteiger partial charge in [0.25, 0.3) is 8.61 Å². The Balaban J connectivity index is 2.78. The fourth-order valence-corrected chi connectivity index (χ4v) is 0.935. The minimum Gasteiger partial charge on any atom is -0.305 e. The van der Waals surface area contributed by atoms with Crippen LogP contribution in [0.15, 0.2) is 24.3 Å². The minimum absolute atomic E-state index is 0.0537. The van der Waals surface area contributed by atoms with Crippen molar-refractivity contribution in [2.45, 2.75) is 6.92 Å². The Hall–Kier alpha value is -0.880. The van der Waals surface area contributed by atoms with E-state index in [0.29, 0.717) is 0 Å². The molecule has 0 fully saturated rings. The Morgan fingerprint density at radius 2 is 1.90 bits per heavy atom. The van der Waals surface area contributed by atoms with Crippen molar-refractivity contribution in [3.05, 3.63) is 29.8 Å². The van der Waals surface area contributed by atoms with Crippen molar-refractivity contribution in [1.29, 1.82) is 0 Å².